The van der Waals surface area contributed by atoms with Crippen LogP contribution < -0.4 is 0 Å². The van der Waals surface area contributed by atoms with Crippen molar-refractivity contribution in [2.24, 2.45) is 0 Å². The van der Waals surface area contributed by atoms with Gasteiger partial charge in [-0.05, 0) is 35.4 Å². The summed E-state index contributed by atoms with van der Waals surface area (Å²) in [6, 6.07) is 16.7. The van der Waals surface area contributed by atoms with Gasteiger partial charge in [-0.15, -0.1) is 46.4 Å². The van der Waals surface area contributed by atoms with E-state index in [1.807, 2.05) is 10.8 Å². The quantitative estimate of drug-likeness (QED) is 0.133. The average molecular weight is 1020 g/mol. The van der Waals surface area contributed by atoms with Crippen LogP contribution in [0.4, 0.5) is 0 Å². The third kappa shape index (κ3) is 97.4. The molecule has 0 radical (unpaired) electrons. The van der Waals surface area contributed by atoms with Crippen LogP contribution in [0.25, 0.3) is 10.8 Å². The lowest BCUT2D eigenvalue weighted by atomic mass is 10.1. The number of hydrogen-bond acceptors (Lipinski definition) is 4. The molecular weight excluding hydrogens is 977 g/mol. The Morgan fingerprint density at radius 3 is 1.20 bits per heavy atom. The second kappa shape index (κ2) is 60.1. The molecule has 238 valence electrons. The van der Waals surface area contributed by atoms with E-state index in [9.17, 15) is 4.79 Å². The van der Waals surface area contributed by atoms with Crippen LogP contribution in [0.3, 0.4) is 0 Å². The molecule has 0 spiro atoms. The summed E-state index contributed by atoms with van der Waals surface area (Å²) < 4.78 is 7.57. The largest absolute Gasteiger partial charge is 0.468 e. The Hall–Kier alpha value is 1.82. The molecule has 4 nitrogen and oxygen atoms in total. The minimum Gasteiger partial charge on any atom is -0.468 e. The predicted octanol–water partition coefficient (Wildman–Crippen LogP) is 12.3. The smallest absolute Gasteiger partial charge is 0.293 e. The zero-order chi connectivity index (χ0) is 33.1. The van der Waals surface area contributed by atoms with Crippen molar-refractivity contribution in [2.75, 3.05) is 58.3 Å². The van der Waals surface area contributed by atoms with E-state index < -0.39 is 3.79 Å². The van der Waals surface area contributed by atoms with Gasteiger partial charge < -0.3 is 9.47 Å². The van der Waals surface area contributed by atoms with Crippen molar-refractivity contribution in [2.45, 2.75) is 17.6 Å². The second-order valence-corrected chi connectivity index (χ2v) is 11.1. The van der Waals surface area contributed by atoms with E-state index in [0.29, 0.717) is 24.8 Å². The van der Waals surface area contributed by atoms with Gasteiger partial charge in [0.05, 0.1) is 25.2 Å². The fraction of sp³-hybridized carbons (Fsp3) is 0.520. The molecule has 40 heavy (non-hydrogen) atoms. The third-order valence-electron chi connectivity index (χ3n) is 2.24. The van der Waals surface area contributed by atoms with Gasteiger partial charge in [0.1, 0.15) is 0 Å². The standard InChI is InChI=1S/C10H8.C3H6O2.C2H4Br2.C2H3Cl3.C2H4Cl2.C2H4O.CH3Br.CH2Cl2.CH3I.CHN/c1-2-6-10-8-4-3-7-9(10)5-1;1-2-5-3-4;3-1-2-4;1-2(3,4)5;3-1-2-4;1-2-3-1;1-2;2-1-3;2*1-2/h1-8H;3H,2H2,1H3;1-2H2;1H3;1-2H2;1-2H2;1H3;1H2;1H3;1H. The SMILES string of the molecule is BrCCBr.C#N.C1CO1.CBr.CC(Cl)(Cl)Cl.CCOC=O.CI.ClCCCl.ClCCl.c1ccc2ccccc2c1. The lowest BCUT2D eigenvalue weighted by Gasteiger charge is -1.94. The second-order valence-electron chi connectivity index (χ2n) is 5.15. The van der Waals surface area contributed by atoms with Crippen LogP contribution in [-0.2, 0) is 14.3 Å². The van der Waals surface area contributed by atoms with Crippen molar-refractivity contribution in [1.82, 2.24) is 0 Å². The minimum atomic E-state index is -1.08. The maximum absolute atomic E-state index is 9.18. The summed E-state index contributed by atoms with van der Waals surface area (Å²) in [6.07, 6.45) is 0. The molecule has 0 aromatic heterocycles. The Kier molecular flexibility index (Phi) is 86.3. The van der Waals surface area contributed by atoms with Crippen LogP contribution in [0.2, 0.25) is 0 Å². The first-order valence-corrected chi connectivity index (χ1v) is 19.9. The fourth-order valence-corrected chi connectivity index (χ4v) is 1.20. The molecular formula is C25H38Br3Cl7INO3. The summed E-state index contributed by atoms with van der Waals surface area (Å²) >= 11 is 46.3. The van der Waals surface area contributed by atoms with Gasteiger partial charge in [0.15, 0.2) is 3.79 Å². The highest BCUT2D eigenvalue weighted by molar-refractivity contribution is 14.1. The molecule has 1 aliphatic heterocycles. The molecule has 0 atom stereocenters. The lowest BCUT2D eigenvalue weighted by molar-refractivity contribution is -0.128. The van der Waals surface area contributed by atoms with E-state index in [0.717, 1.165) is 23.9 Å². The Labute approximate surface area is 315 Å². The highest BCUT2D eigenvalue weighted by Crippen LogP contribution is 2.23. The highest BCUT2D eigenvalue weighted by atomic mass is 127. The van der Waals surface area contributed by atoms with E-state index in [4.69, 9.17) is 86.5 Å². The molecule has 1 fully saturated rings. The number of benzene rings is 2. The molecule has 2 aromatic carbocycles. The summed E-state index contributed by atoms with van der Waals surface area (Å²) in [6.45, 7) is 9.65. The number of fused-ring (bicyclic) bond motifs is 1. The topological polar surface area (TPSA) is 62.6 Å². The summed E-state index contributed by atoms with van der Waals surface area (Å²) in [5.41, 5.74) is 0. The zero-order valence-corrected chi connectivity index (χ0v) is 35.0. The van der Waals surface area contributed by atoms with Crippen molar-refractivity contribution in [3.63, 3.8) is 0 Å². The number of ether oxygens (including phenoxy) is 2. The maximum Gasteiger partial charge on any atom is 0.293 e. The molecule has 1 heterocycles. The number of nitrogens with zero attached hydrogens (tertiary/aromatic N) is 1. The molecule has 1 aliphatic rings. The summed E-state index contributed by atoms with van der Waals surface area (Å²) in [7, 11) is 0. The number of epoxide rings is 1. The number of rotatable bonds is 4. The average Bonchev–Trinajstić information content (AvgIpc) is 3.87. The van der Waals surface area contributed by atoms with Crippen LogP contribution in [0.5, 0.6) is 0 Å². The Morgan fingerprint density at radius 1 is 0.900 bits per heavy atom. The highest BCUT2D eigenvalue weighted by Gasteiger charge is 2.07. The van der Waals surface area contributed by atoms with Gasteiger partial charge in [0, 0.05) is 29.0 Å². The van der Waals surface area contributed by atoms with Gasteiger partial charge in [-0.25, -0.2) is 5.26 Å². The molecule has 0 aliphatic carbocycles. The molecule has 0 unspecified atom stereocenters. The number of hydrogen-bond donors (Lipinski definition) is 0. The molecule has 3 rings (SSSR count). The van der Waals surface area contributed by atoms with E-state index in [1.165, 1.54) is 17.7 Å². The molecule has 2 aromatic rings. The van der Waals surface area contributed by atoms with E-state index in [-0.39, 0.29) is 5.34 Å². The van der Waals surface area contributed by atoms with Crippen LogP contribution >= 0.6 is 152 Å². The molecule has 0 bridgehead atoms. The monoisotopic (exact) mass is 1010 g/mol. The Morgan fingerprint density at radius 2 is 1.12 bits per heavy atom. The number of nitriles is 1. The van der Waals surface area contributed by atoms with Gasteiger partial charge in [-0.2, -0.15) is 0 Å². The third-order valence-corrected chi connectivity index (χ3v) is 4.67. The van der Waals surface area contributed by atoms with Crippen LogP contribution in [0.15, 0.2) is 48.5 Å². The van der Waals surface area contributed by atoms with Gasteiger partial charge in [-0.3, -0.25) is 4.79 Å². The molecule has 1 saturated heterocycles. The van der Waals surface area contributed by atoms with Gasteiger partial charge in [-0.1, -0.05) is 154 Å². The molecule has 15 heteroatoms. The van der Waals surface area contributed by atoms with Crippen LogP contribution in [0, 0.1) is 11.8 Å². The van der Waals surface area contributed by atoms with E-state index in [2.05, 4.69) is 135 Å². The fourth-order valence-electron chi connectivity index (χ4n) is 1.20. The van der Waals surface area contributed by atoms with E-state index in [1.54, 1.807) is 6.92 Å². The molecule has 0 saturated carbocycles. The van der Waals surface area contributed by atoms with Crippen molar-refractivity contribution in [1.29, 1.82) is 5.26 Å². The first-order chi connectivity index (χ1) is 19.1. The number of alkyl halides is 11. The van der Waals surface area contributed by atoms with Crippen molar-refractivity contribution >= 4 is 169 Å². The summed E-state index contributed by atoms with van der Waals surface area (Å²) in [5, 5.41) is 11.4. The summed E-state index contributed by atoms with van der Waals surface area (Å²) in [4.78, 5) is 11.2. The molecule has 0 N–H and O–H groups in total. The molecule has 0 amide bonds. The first-order valence-electron chi connectivity index (χ1n) is 10.6. The van der Waals surface area contributed by atoms with Gasteiger partial charge >= 0.3 is 0 Å². The summed E-state index contributed by atoms with van der Waals surface area (Å²) in [5.74, 6) is 2.93. The van der Waals surface area contributed by atoms with Crippen LogP contribution in [0.1, 0.15) is 13.8 Å². The Bertz CT molecular complexity index is 610. The Balaban J connectivity index is -0.0000000644. The minimum absolute atomic E-state index is 0.194. The van der Waals surface area contributed by atoms with Crippen LogP contribution in [-0.4, -0.2) is 68.6 Å². The number of carbonyl (C=O) groups excluding carboxylic acids is 1. The van der Waals surface area contributed by atoms with Crippen molar-refractivity contribution in [3.8, 4) is 6.57 Å². The van der Waals surface area contributed by atoms with Crippen molar-refractivity contribution < 1.29 is 14.3 Å². The van der Waals surface area contributed by atoms with Crippen molar-refractivity contribution in [3.05, 3.63) is 48.5 Å². The number of halogens is 11. The van der Waals surface area contributed by atoms with Gasteiger partial charge in [0.2, 0.25) is 0 Å². The number of carbonyl (C=O) groups is 1. The normalized spacial score (nSPS) is 8.93. The lowest BCUT2D eigenvalue weighted by Crippen LogP contribution is -1.87. The van der Waals surface area contributed by atoms with Gasteiger partial charge in [0.25, 0.3) is 6.47 Å². The predicted molar refractivity (Wildman–Crippen MR) is 205 cm³/mol. The maximum atomic E-state index is 9.18. The zero-order valence-electron chi connectivity index (χ0n) is 22.8. The first kappa shape index (κ1) is 57.5. The van der Waals surface area contributed by atoms with E-state index >= 15 is 0 Å².